The second kappa shape index (κ2) is 4.93. The van der Waals surface area contributed by atoms with Gasteiger partial charge in [0, 0.05) is 29.3 Å². The van der Waals surface area contributed by atoms with Crippen LogP contribution in [0.4, 0.5) is 0 Å². The number of ether oxygens (including phenoxy) is 3. The van der Waals surface area contributed by atoms with Crippen molar-refractivity contribution < 1.29 is 14.2 Å². The third-order valence-corrected chi connectivity index (χ3v) is 3.32. The molecule has 0 radical (unpaired) electrons. The summed E-state index contributed by atoms with van der Waals surface area (Å²) in [7, 11) is 3.28. The molecule has 0 aliphatic carbocycles. The number of hydrogen-bond donors (Lipinski definition) is 1. The predicted molar refractivity (Wildman–Crippen MR) is 70.5 cm³/mol. The maximum Gasteiger partial charge on any atom is 0.123 e. The lowest BCUT2D eigenvalue weighted by Crippen LogP contribution is -2.08. The van der Waals surface area contributed by atoms with Crippen LogP contribution in [0.1, 0.15) is 11.3 Å². The molecule has 0 fully saturated rings. The SMILES string of the molecule is COc1cc(OC)cc(-c2n[nH]c3c2COCC3)c1. The molecule has 0 amide bonds. The molecular weight excluding hydrogens is 244 g/mol. The Hall–Kier alpha value is -2.01. The first-order valence-electron chi connectivity index (χ1n) is 6.19. The van der Waals surface area contributed by atoms with Crippen molar-refractivity contribution in [2.45, 2.75) is 13.0 Å². The number of nitrogens with one attached hydrogen (secondary N) is 1. The summed E-state index contributed by atoms with van der Waals surface area (Å²) < 4.78 is 16.1. The number of aromatic nitrogens is 2. The van der Waals surface area contributed by atoms with Gasteiger partial charge < -0.3 is 14.2 Å². The highest BCUT2D eigenvalue weighted by Crippen LogP contribution is 2.32. The Bertz CT molecular complexity index is 570. The highest BCUT2D eigenvalue weighted by Gasteiger charge is 2.19. The van der Waals surface area contributed by atoms with Crippen LogP contribution in [0.2, 0.25) is 0 Å². The first-order valence-corrected chi connectivity index (χ1v) is 6.19. The van der Waals surface area contributed by atoms with Crippen LogP contribution in [0, 0.1) is 0 Å². The number of methoxy groups -OCH3 is 2. The Morgan fingerprint density at radius 3 is 2.58 bits per heavy atom. The summed E-state index contributed by atoms with van der Waals surface area (Å²) in [6.45, 7) is 1.34. The Morgan fingerprint density at radius 2 is 1.89 bits per heavy atom. The first kappa shape index (κ1) is 12.0. The van der Waals surface area contributed by atoms with Crippen molar-refractivity contribution in [3.05, 3.63) is 29.5 Å². The molecule has 1 N–H and O–H groups in total. The van der Waals surface area contributed by atoms with Crippen molar-refractivity contribution >= 4 is 0 Å². The van der Waals surface area contributed by atoms with E-state index in [9.17, 15) is 0 Å². The van der Waals surface area contributed by atoms with Gasteiger partial charge in [0.1, 0.15) is 11.5 Å². The van der Waals surface area contributed by atoms with Crippen molar-refractivity contribution in [2.24, 2.45) is 0 Å². The maximum atomic E-state index is 5.51. The Kier molecular flexibility index (Phi) is 3.13. The molecule has 0 atom stereocenters. The molecule has 5 nitrogen and oxygen atoms in total. The second-order valence-corrected chi connectivity index (χ2v) is 4.43. The first-order chi connectivity index (χ1) is 9.31. The second-order valence-electron chi connectivity index (χ2n) is 4.43. The molecule has 0 unspecified atom stereocenters. The molecule has 1 aliphatic heterocycles. The summed E-state index contributed by atoms with van der Waals surface area (Å²) in [6.07, 6.45) is 0.878. The third kappa shape index (κ3) is 2.17. The van der Waals surface area contributed by atoms with Crippen molar-refractivity contribution in [3.63, 3.8) is 0 Å². The van der Waals surface area contributed by atoms with Gasteiger partial charge in [-0.05, 0) is 12.1 Å². The lowest BCUT2D eigenvalue weighted by Gasteiger charge is -2.13. The minimum absolute atomic E-state index is 0.598. The molecule has 1 aliphatic rings. The van der Waals surface area contributed by atoms with Crippen LogP contribution in [0.5, 0.6) is 11.5 Å². The van der Waals surface area contributed by atoms with E-state index in [0.29, 0.717) is 6.61 Å². The summed E-state index contributed by atoms with van der Waals surface area (Å²) in [4.78, 5) is 0. The number of hydrogen-bond acceptors (Lipinski definition) is 4. The van der Waals surface area contributed by atoms with E-state index in [-0.39, 0.29) is 0 Å². The van der Waals surface area contributed by atoms with Crippen LogP contribution in [0.3, 0.4) is 0 Å². The van der Waals surface area contributed by atoms with E-state index >= 15 is 0 Å². The molecule has 0 bridgehead atoms. The molecule has 2 heterocycles. The minimum Gasteiger partial charge on any atom is -0.497 e. The zero-order valence-electron chi connectivity index (χ0n) is 11.0. The number of nitrogens with zero attached hydrogens (tertiary/aromatic N) is 1. The van der Waals surface area contributed by atoms with Gasteiger partial charge in [0.2, 0.25) is 0 Å². The molecule has 19 heavy (non-hydrogen) atoms. The number of fused-ring (bicyclic) bond motifs is 1. The summed E-state index contributed by atoms with van der Waals surface area (Å²) >= 11 is 0. The van der Waals surface area contributed by atoms with Crippen LogP contribution < -0.4 is 9.47 Å². The topological polar surface area (TPSA) is 56.4 Å². The number of aromatic amines is 1. The molecule has 1 aromatic carbocycles. The highest BCUT2D eigenvalue weighted by molar-refractivity contribution is 5.67. The third-order valence-electron chi connectivity index (χ3n) is 3.32. The zero-order valence-corrected chi connectivity index (χ0v) is 11.0. The summed E-state index contributed by atoms with van der Waals surface area (Å²) in [5, 5.41) is 7.49. The predicted octanol–water partition coefficient (Wildman–Crippen LogP) is 2.17. The van der Waals surface area contributed by atoms with Crippen LogP contribution in [0.25, 0.3) is 11.3 Å². The molecule has 1 aromatic heterocycles. The summed E-state index contributed by atoms with van der Waals surface area (Å²) in [6, 6.07) is 5.75. The van der Waals surface area contributed by atoms with Crippen LogP contribution >= 0.6 is 0 Å². The minimum atomic E-state index is 0.598. The van der Waals surface area contributed by atoms with Crippen molar-refractivity contribution in [1.82, 2.24) is 10.2 Å². The molecule has 2 aromatic rings. The molecule has 5 heteroatoms. The molecular formula is C14H16N2O3. The van der Waals surface area contributed by atoms with E-state index in [2.05, 4.69) is 10.2 Å². The Morgan fingerprint density at radius 1 is 1.16 bits per heavy atom. The highest BCUT2D eigenvalue weighted by atomic mass is 16.5. The summed E-state index contributed by atoms with van der Waals surface area (Å²) in [5.74, 6) is 1.51. The van der Waals surface area contributed by atoms with Crippen LogP contribution in [-0.4, -0.2) is 31.0 Å². The zero-order chi connectivity index (χ0) is 13.2. The fourth-order valence-corrected chi connectivity index (χ4v) is 2.29. The van der Waals surface area contributed by atoms with Crippen LogP contribution in [-0.2, 0) is 17.8 Å². The van der Waals surface area contributed by atoms with Gasteiger partial charge in [-0.2, -0.15) is 5.10 Å². The molecule has 100 valence electrons. The van der Waals surface area contributed by atoms with Gasteiger partial charge in [-0.1, -0.05) is 0 Å². The van der Waals surface area contributed by atoms with E-state index < -0.39 is 0 Å². The average molecular weight is 260 g/mol. The van der Waals surface area contributed by atoms with Gasteiger partial charge in [-0.3, -0.25) is 5.10 Å². The lowest BCUT2D eigenvalue weighted by atomic mass is 10.0. The van der Waals surface area contributed by atoms with E-state index in [0.717, 1.165) is 47.0 Å². The van der Waals surface area contributed by atoms with E-state index in [1.54, 1.807) is 14.2 Å². The fourth-order valence-electron chi connectivity index (χ4n) is 2.29. The van der Waals surface area contributed by atoms with Gasteiger partial charge in [0.15, 0.2) is 0 Å². The largest absolute Gasteiger partial charge is 0.497 e. The average Bonchev–Trinajstić information content (AvgIpc) is 2.90. The number of H-pyrrole nitrogens is 1. The van der Waals surface area contributed by atoms with Crippen molar-refractivity contribution in [1.29, 1.82) is 0 Å². The van der Waals surface area contributed by atoms with Gasteiger partial charge in [0.05, 0.1) is 33.1 Å². The summed E-state index contributed by atoms with van der Waals surface area (Å²) in [5.41, 5.74) is 4.16. The Labute approximate surface area is 111 Å². The van der Waals surface area contributed by atoms with Gasteiger partial charge in [0.25, 0.3) is 0 Å². The molecule has 3 rings (SSSR count). The smallest absolute Gasteiger partial charge is 0.123 e. The van der Waals surface area contributed by atoms with Crippen molar-refractivity contribution in [2.75, 3.05) is 20.8 Å². The molecule has 0 saturated heterocycles. The Balaban J connectivity index is 2.08. The van der Waals surface area contributed by atoms with E-state index in [1.165, 1.54) is 0 Å². The van der Waals surface area contributed by atoms with E-state index in [4.69, 9.17) is 14.2 Å². The molecule has 0 saturated carbocycles. The lowest BCUT2D eigenvalue weighted by molar-refractivity contribution is 0.110. The number of benzene rings is 1. The number of rotatable bonds is 3. The van der Waals surface area contributed by atoms with Crippen molar-refractivity contribution in [3.8, 4) is 22.8 Å². The standard InChI is InChI=1S/C14H16N2O3/c1-17-10-5-9(6-11(7-10)18-2)14-12-8-19-4-3-13(12)15-16-14/h5-7H,3-4,8H2,1-2H3,(H,15,16). The maximum absolute atomic E-state index is 5.51. The van der Waals surface area contributed by atoms with Crippen LogP contribution in [0.15, 0.2) is 18.2 Å². The van der Waals surface area contributed by atoms with Gasteiger partial charge in [-0.15, -0.1) is 0 Å². The van der Waals surface area contributed by atoms with Gasteiger partial charge >= 0.3 is 0 Å². The molecule has 0 spiro atoms. The monoisotopic (exact) mass is 260 g/mol. The quantitative estimate of drug-likeness (QED) is 0.918. The van der Waals surface area contributed by atoms with E-state index in [1.807, 2.05) is 18.2 Å². The fraction of sp³-hybridized carbons (Fsp3) is 0.357. The normalized spacial score (nSPS) is 14.0. The van der Waals surface area contributed by atoms with Gasteiger partial charge in [-0.25, -0.2) is 0 Å².